The van der Waals surface area contributed by atoms with Crippen LogP contribution in [0.3, 0.4) is 0 Å². The lowest BCUT2D eigenvalue weighted by Crippen LogP contribution is -2.16. The van der Waals surface area contributed by atoms with E-state index in [2.05, 4.69) is 12.8 Å². The van der Waals surface area contributed by atoms with Crippen molar-refractivity contribution >= 4 is 30.9 Å². The van der Waals surface area contributed by atoms with Gasteiger partial charge in [0.25, 0.3) is 0 Å². The molecule has 0 saturated carbocycles. The van der Waals surface area contributed by atoms with Crippen molar-refractivity contribution in [2.24, 2.45) is 0 Å². The highest BCUT2D eigenvalue weighted by Crippen LogP contribution is 2.13. The minimum Gasteiger partial charge on any atom is -0.448 e. The molecule has 0 fully saturated rings. The minimum atomic E-state index is -0.376. The third-order valence-electron chi connectivity index (χ3n) is 1.13. The molecular weight excluding hydrogens is 194 g/mol. The molecule has 0 N–H and O–H groups in total. The first-order chi connectivity index (χ1) is 5.72. The molecular formula is C7H15NO2S2. The van der Waals surface area contributed by atoms with Crippen molar-refractivity contribution < 1.29 is 9.53 Å². The molecule has 0 aromatic heterocycles. The molecule has 0 radical (unpaired) electrons. The van der Waals surface area contributed by atoms with Gasteiger partial charge in [-0.05, 0) is 31.2 Å². The first-order valence-electron chi connectivity index (χ1n) is 4.01. The lowest BCUT2D eigenvalue weighted by atomic mass is 10.4. The summed E-state index contributed by atoms with van der Waals surface area (Å²) in [6.45, 7) is 4.48. The van der Waals surface area contributed by atoms with Gasteiger partial charge in [-0.1, -0.05) is 20.3 Å². The van der Waals surface area contributed by atoms with Crippen LogP contribution in [0.15, 0.2) is 0 Å². The van der Waals surface area contributed by atoms with Gasteiger partial charge in [-0.25, -0.2) is 4.79 Å². The van der Waals surface area contributed by atoms with E-state index in [0.29, 0.717) is 6.61 Å². The normalized spacial score (nSPS) is 9.58. The van der Waals surface area contributed by atoms with E-state index < -0.39 is 0 Å². The van der Waals surface area contributed by atoms with Crippen molar-refractivity contribution in [1.82, 2.24) is 3.71 Å². The van der Waals surface area contributed by atoms with E-state index in [-0.39, 0.29) is 6.09 Å². The fourth-order valence-corrected chi connectivity index (χ4v) is 1.34. The third kappa shape index (κ3) is 5.60. The molecule has 0 aromatic rings. The highest BCUT2D eigenvalue weighted by Gasteiger charge is 2.09. The summed E-state index contributed by atoms with van der Waals surface area (Å²) in [5, 5.41) is 0. The molecule has 0 aliphatic rings. The number of nitrogens with zero attached hydrogens (tertiary/aromatic N) is 1. The zero-order chi connectivity index (χ0) is 9.40. The Morgan fingerprint density at radius 2 is 2.25 bits per heavy atom. The van der Waals surface area contributed by atoms with Crippen molar-refractivity contribution in [3.63, 3.8) is 0 Å². The van der Waals surface area contributed by atoms with Crippen LogP contribution in [0.5, 0.6) is 0 Å². The fraction of sp³-hybridized carbons (Fsp3) is 0.857. The lowest BCUT2D eigenvalue weighted by Gasteiger charge is -2.12. The van der Waals surface area contributed by atoms with Crippen LogP contribution in [0.4, 0.5) is 4.79 Å². The van der Waals surface area contributed by atoms with Gasteiger partial charge in [0.1, 0.15) is 0 Å². The molecule has 0 spiro atoms. The predicted molar refractivity (Wildman–Crippen MR) is 55.2 cm³/mol. The van der Waals surface area contributed by atoms with Crippen molar-refractivity contribution in [2.45, 2.75) is 26.7 Å². The molecule has 0 unspecified atom stereocenters. The Morgan fingerprint density at radius 3 is 2.75 bits per heavy atom. The number of amides is 1. The summed E-state index contributed by atoms with van der Waals surface area (Å²) in [7, 11) is 0. The quantitative estimate of drug-likeness (QED) is 0.429. The van der Waals surface area contributed by atoms with Gasteiger partial charge in [0.2, 0.25) is 0 Å². The smallest absolute Gasteiger partial charge is 0.430 e. The molecule has 0 aromatic carbocycles. The molecule has 0 saturated heterocycles. The maximum Gasteiger partial charge on any atom is 0.430 e. The van der Waals surface area contributed by atoms with Crippen molar-refractivity contribution in [3.05, 3.63) is 0 Å². The van der Waals surface area contributed by atoms with E-state index in [1.807, 2.05) is 13.8 Å². The highest BCUT2D eigenvalue weighted by molar-refractivity contribution is 8.06. The van der Waals surface area contributed by atoms with Crippen LogP contribution < -0.4 is 0 Å². The third-order valence-corrected chi connectivity index (χ3v) is 2.29. The number of carbonyl (C=O) groups excluding carboxylic acids is 1. The van der Waals surface area contributed by atoms with Gasteiger partial charge in [-0.2, -0.15) is 3.71 Å². The molecule has 0 atom stereocenters. The topological polar surface area (TPSA) is 29.5 Å². The molecule has 1 amide bonds. The van der Waals surface area contributed by atoms with Gasteiger partial charge >= 0.3 is 6.09 Å². The van der Waals surface area contributed by atoms with Gasteiger partial charge in [-0.15, -0.1) is 0 Å². The Morgan fingerprint density at radius 1 is 1.58 bits per heavy atom. The minimum absolute atomic E-state index is 0.376. The average molecular weight is 209 g/mol. The van der Waals surface area contributed by atoms with Crippen LogP contribution in [0.25, 0.3) is 0 Å². The Hall–Kier alpha value is -0.0300. The Balaban J connectivity index is 3.43. The SMILES string of the molecule is CCCCOC(=O)N(S)SCC. The highest BCUT2D eigenvalue weighted by atomic mass is 32.2. The summed E-state index contributed by atoms with van der Waals surface area (Å²) in [6.07, 6.45) is 1.56. The summed E-state index contributed by atoms with van der Waals surface area (Å²) < 4.78 is 6.10. The van der Waals surface area contributed by atoms with E-state index >= 15 is 0 Å². The van der Waals surface area contributed by atoms with Crippen LogP contribution >= 0.6 is 24.8 Å². The molecule has 72 valence electrons. The first kappa shape index (κ1) is 12.0. The van der Waals surface area contributed by atoms with Crippen LogP contribution in [0.2, 0.25) is 0 Å². The van der Waals surface area contributed by atoms with Gasteiger partial charge in [0.05, 0.1) is 6.61 Å². The maximum absolute atomic E-state index is 11.0. The first-order valence-corrected chi connectivity index (χ1v) is 5.35. The van der Waals surface area contributed by atoms with E-state index in [1.54, 1.807) is 0 Å². The summed E-state index contributed by atoms with van der Waals surface area (Å²) in [4.78, 5) is 11.0. The molecule has 0 rings (SSSR count). The van der Waals surface area contributed by atoms with Crippen LogP contribution in [-0.2, 0) is 4.74 Å². The van der Waals surface area contributed by atoms with E-state index in [4.69, 9.17) is 4.74 Å². The second-order valence-electron chi connectivity index (χ2n) is 2.16. The Kier molecular flexibility index (Phi) is 7.59. The molecule has 0 heterocycles. The van der Waals surface area contributed by atoms with Gasteiger partial charge < -0.3 is 4.74 Å². The molecule has 3 nitrogen and oxygen atoms in total. The van der Waals surface area contributed by atoms with Crippen molar-refractivity contribution in [2.75, 3.05) is 12.4 Å². The lowest BCUT2D eigenvalue weighted by molar-refractivity contribution is 0.141. The van der Waals surface area contributed by atoms with E-state index in [1.165, 1.54) is 15.7 Å². The summed E-state index contributed by atoms with van der Waals surface area (Å²) in [5.41, 5.74) is 0. The zero-order valence-corrected chi connectivity index (χ0v) is 9.16. The second-order valence-corrected chi connectivity index (χ2v) is 4.03. The number of carbonyl (C=O) groups is 1. The summed E-state index contributed by atoms with van der Waals surface area (Å²) >= 11 is 5.25. The second kappa shape index (κ2) is 7.61. The number of thiol groups is 1. The standard InChI is InChI=1S/C7H15NO2S2/c1-3-5-6-10-7(9)8(11)12-4-2/h11H,3-6H2,1-2H3. The Bertz CT molecular complexity index is 133. The van der Waals surface area contributed by atoms with Crippen molar-refractivity contribution in [3.8, 4) is 0 Å². The van der Waals surface area contributed by atoms with Gasteiger partial charge in [0, 0.05) is 5.75 Å². The van der Waals surface area contributed by atoms with Gasteiger partial charge in [0.15, 0.2) is 0 Å². The predicted octanol–water partition coefficient (Wildman–Crippen LogP) is 2.74. The van der Waals surface area contributed by atoms with Crippen LogP contribution in [0, 0.1) is 0 Å². The number of hydrogen-bond donors (Lipinski definition) is 1. The Labute approximate surface area is 83.5 Å². The summed E-state index contributed by atoms with van der Waals surface area (Å²) in [5.74, 6) is 0.812. The van der Waals surface area contributed by atoms with Crippen molar-refractivity contribution in [1.29, 1.82) is 0 Å². The number of rotatable bonds is 5. The van der Waals surface area contributed by atoms with Gasteiger partial charge in [-0.3, -0.25) is 0 Å². The number of hydrogen-bond acceptors (Lipinski definition) is 4. The molecule has 0 aliphatic heterocycles. The van der Waals surface area contributed by atoms with Crippen LogP contribution in [-0.4, -0.2) is 22.2 Å². The number of unbranched alkanes of at least 4 members (excludes halogenated alkanes) is 1. The maximum atomic E-state index is 11.0. The molecule has 5 heteroatoms. The summed E-state index contributed by atoms with van der Waals surface area (Å²) in [6, 6.07) is 0. The van der Waals surface area contributed by atoms with E-state index in [0.717, 1.165) is 18.6 Å². The fourth-order valence-electron chi connectivity index (χ4n) is 0.534. The average Bonchev–Trinajstić information content (AvgIpc) is 2.05. The van der Waals surface area contributed by atoms with Crippen LogP contribution in [0.1, 0.15) is 26.7 Å². The molecule has 0 aliphatic carbocycles. The molecule has 12 heavy (non-hydrogen) atoms. The zero-order valence-electron chi connectivity index (χ0n) is 7.45. The monoisotopic (exact) mass is 209 g/mol. The number of ether oxygens (including phenoxy) is 1. The molecule has 0 bridgehead atoms. The van der Waals surface area contributed by atoms with E-state index in [9.17, 15) is 4.79 Å². The largest absolute Gasteiger partial charge is 0.448 e.